The molecule has 1 aliphatic rings. The zero-order valence-corrected chi connectivity index (χ0v) is 12.6. The maximum atomic E-state index is 6.19. The molecule has 22 heavy (non-hydrogen) atoms. The molecule has 3 aromatic rings. The monoisotopic (exact) mass is 309 g/mol. The second-order valence-electron chi connectivity index (χ2n) is 5.07. The van der Waals surface area contributed by atoms with Crippen LogP contribution in [0.3, 0.4) is 0 Å². The highest BCUT2D eigenvalue weighted by Crippen LogP contribution is 2.26. The molecule has 0 N–H and O–H groups in total. The van der Waals surface area contributed by atoms with E-state index in [0.29, 0.717) is 17.4 Å². The van der Waals surface area contributed by atoms with Crippen molar-refractivity contribution in [3.8, 4) is 5.69 Å². The Morgan fingerprint density at radius 1 is 1.18 bits per heavy atom. The number of hydrogen-bond acceptors (Lipinski definition) is 4. The van der Waals surface area contributed by atoms with Crippen molar-refractivity contribution in [1.82, 2.24) is 19.5 Å². The standard InChI is InChI=1S/C16H12ClN5/c1-10-9-22-13-4-3-11(17)7-12(13)15(20-8-14(22)21-10)16-18-5-2-6-19-16/h2-7,9H,8H2,1H3. The predicted octanol–water partition coefficient (Wildman–Crippen LogP) is 2.98. The quantitative estimate of drug-likeness (QED) is 0.694. The van der Waals surface area contributed by atoms with Crippen LogP contribution in [-0.4, -0.2) is 25.2 Å². The molecule has 0 atom stereocenters. The van der Waals surface area contributed by atoms with E-state index in [9.17, 15) is 0 Å². The van der Waals surface area contributed by atoms with E-state index in [4.69, 9.17) is 11.6 Å². The van der Waals surface area contributed by atoms with Crippen LogP contribution in [-0.2, 0) is 6.54 Å². The van der Waals surface area contributed by atoms with E-state index in [1.165, 1.54) is 0 Å². The number of aromatic nitrogens is 4. The van der Waals surface area contributed by atoms with E-state index in [2.05, 4.69) is 24.5 Å². The summed E-state index contributed by atoms with van der Waals surface area (Å²) in [5.74, 6) is 1.49. The zero-order valence-electron chi connectivity index (χ0n) is 11.9. The largest absolute Gasteiger partial charge is 0.301 e. The first-order valence-electron chi connectivity index (χ1n) is 6.89. The molecule has 0 bridgehead atoms. The molecule has 6 heteroatoms. The van der Waals surface area contributed by atoms with Gasteiger partial charge in [0, 0.05) is 29.2 Å². The van der Waals surface area contributed by atoms with E-state index in [1.807, 2.05) is 31.3 Å². The molecule has 1 aliphatic heterocycles. The first-order valence-corrected chi connectivity index (χ1v) is 7.27. The average Bonchev–Trinajstić information content (AvgIpc) is 2.83. The zero-order chi connectivity index (χ0) is 15.1. The number of benzene rings is 1. The molecular formula is C16H12ClN5. The Morgan fingerprint density at radius 2 is 2.00 bits per heavy atom. The van der Waals surface area contributed by atoms with E-state index < -0.39 is 0 Å². The molecule has 0 saturated heterocycles. The number of aliphatic imine (C=N–C) groups is 1. The highest BCUT2D eigenvalue weighted by Gasteiger charge is 2.21. The van der Waals surface area contributed by atoms with Crippen LogP contribution in [0, 0.1) is 6.92 Å². The minimum Gasteiger partial charge on any atom is -0.301 e. The van der Waals surface area contributed by atoms with Crippen molar-refractivity contribution in [2.45, 2.75) is 13.5 Å². The smallest absolute Gasteiger partial charge is 0.178 e. The molecule has 0 spiro atoms. The molecule has 108 valence electrons. The summed E-state index contributed by atoms with van der Waals surface area (Å²) in [7, 11) is 0. The lowest BCUT2D eigenvalue weighted by Crippen LogP contribution is -2.10. The summed E-state index contributed by atoms with van der Waals surface area (Å²) in [6, 6.07) is 7.53. The molecule has 0 aliphatic carbocycles. The summed E-state index contributed by atoms with van der Waals surface area (Å²) in [4.78, 5) is 17.9. The van der Waals surface area contributed by atoms with E-state index in [-0.39, 0.29) is 0 Å². The fraction of sp³-hybridized carbons (Fsp3) is 0.125. The lowest BCUT2D eigenvalue weighted by atomic mass is 10.1. The van der Waals surface area contributed by atoms with Crippen LogP contribution in [0.15, 0.2) is 47.8 Å². The van der Waals surface area contributed by atoms with Gasteiger partial charge in [0.2, 0.25) is 0 Å². The van der Waals surface area contributed by atoms with Crippen molar-refractivity contribution in [1.29, 1.82) is 0 Å². The molecule has 0 unspecified atom stereocenters. The Labute approximate surface area is 132 Å². The number of hydrogen-bond donors (Lipinski definition) is 0. The van der Waals surface area contributed by atoms with Crippen molar-refractivity contribution in [3.05, 3.63) is 70.8 Å². The minimum atomic E-state index is 0.480. The number of rotatable bonds is 1. The third-order valence-corrected chi connectivity index (χ3v) is 3.76. The van der Waals surface area contributed by atoms with Crippen molar-refractivity contribution < 1.29 is 0 Å². The van der Waals surface area contributed by atoms with Crippen molar-refractivity contribution >= 4 is 17.3 Å². The summed E-state index contributed by atoms with van der Waals surface area (Å²) < 4.78 is 2.06. The second-order valence-corrected chi connectivity index (χ2v) is 5.50. The van der Waals surface area contributed by atoms with Crippen LogP contribution in [0.1, 0.15) is 22.9 Å². The van der Waals surface area contributed by atoms with Crippen LogP contribution in [0.25, 0.3) is 5.69 Å². The Bertz CT molecular complexity index is 883. The van der Waals surface area contributed by atoms with Gasteiger partial charge in [-0.25, -0.2) is 15.0 Å². The van der Waals surface area contributed by atoms with Gasteiger partial charge in [-0.1, -0.05) is 11.6 Å². The van der Waals surface area contributed by atoms with Crippen LogP contribution >= 0.6 is 11.6 Å². The highest BCUT2D eigenvalue weighted by molar-refractivity contribution is 6.31. The van der Waals surface area contributed by atoms with Crippen LogP contribution in [0.2, 0.25) is 5.02 Å². The van der Waals surface area contributed by atoms with Gasteiger partial charge in [0.15, 0.2) is 5.82 Å². The minimum absolute atomic E-state index is 0.480. The molecule has 0 radical (unpaired) electrons. The summed E-state index contributed by atoms with van der Waals surface area (Å²) in [5, 5.41) is 0.655. The molecule has 2 aromatic heterocycles. The maximum absolute atomic E-state index is 6.19. The van der Waals surface area contributed by atoms with E-state index in [0.717, 1.165) is 28.5 Å². The van der Waals surface area contributed by atoms with Crippen molar-refractivity contribution in [3.63, 3.8) is 0 Å². The predicted molar refractivity (Wildman–Crippen MR) is 84.7 cm³/mol. The van der Waals surface area contributed by atoms with Gasteiger partial charge >= 0.3 is 0 Å². The van der Waals surface area contributed by atoms with Gasteiger partial charge < -0.3 is 4.57 Å². The van der Waals surface area contributed by atoms with Crippen LogP contribution < -0.4 is 0 Å². The second kappa shape index (κ2) is 5.03. The molecular weight excluding hydrogens is 298 g/mol. The summed E-state index contributed by atoms with van der Waals surface area (Å²) in [6.07, 6.45) is 5.43. The summed E-state index contributed by atoms with van der Waals surface area (Å²) in [5.41, 5.74) is 3.60. The lowest BCUT2D eigenvalue weighted by Gasteiger charge is -2.11. The normalized spacial score (nSPS) is 13.1. The van der Waals surface area contributed by atoms with Gasteiger partial charge in [0.25, 0.3) is 0 Å². The number of fused-ring (bicyclic) bond motifs is 3. The lowest BCUT2D eigenvalue weighted by molar-refractivity contribution is 0.877. The van der Waals surface area contributed by atoms with Crippen molar-refractivity contribution in [2.24, 2.45) is 4.99 Å². The molecule has 0 saturated carbocycles. The fourth-order valence-corrected chi connectivity index (χ4v) is 2.80. The topological polar surface area (TPSA) is 56.0 Å². The Kier molecular flexibility index (Phi) is 3.01. The number of aryl methyl sites for hydroxylation is 1. The Hall–Kier alpha value is -2.53. The van der Waals surface area contributed by atoms with Crippen LogP contribution in [0.4, 0.5) is 0 Å². The molecule has 5 nitrogen and oxygen atoms in total. The van der Waals surface area contributed by atoms with Crippen molar-refractivity contribution in [2.75, 3.05) is 0 Å². The summed E-state index contributed by atoms with van der Waals surface area (Å²) >= 11 is 6.19. The Morgan fingerprint density at radius 3 is 2.82 bits per heavy atom. The molecule has 4 rings (SSSR count). The van der Waals surface area contributed by atoms with Gasteiger partial charge in [-0.2, -0.15) is 0 Å². The number of nitrogens with zero attached hydrogens (tertiary/aromatic N) is 5. The summed E-state index contributed by atoms with van der Waals surface area (Å²) in [6.45, 7) is 2.45. The van der Waals surface area contributed by atoms with Gasteiger partial charge in [-0.15, -0.1) is 0 Å². The highest BCUT2D eigenvalue weighted by atomic mass is 35.5. The maximum Gasteiger partial charge on any atom is 0.178 e. The first-order chi connectivity index (χ1) is 10.7. The van der Waals surface area contributed by atoms with Gasteiger partial charge in [-0.3, -0.25) is 4.99 Å². The fourth-order valence-electron chi connectivity index (χ4n) is 2.62. The number of imidazole rings is 1. The molecule has 1 aromatic carbocycles. The third-order valence-electron chi connectivity index (χ3n) is 3.53. The average molecular weight is 310 g/mol. The Balaban J connectivity index is 1.99. The molecule has 0 fully saturated rings. The van der Waals surface area contributed by atoms with Crippen LogP contribution in [0.5, 0.6) is 0 Å². The van der Waals surface area contributed by atoms with E-state index >= 15 is 0 Å². The third kappa shape index (κ3) is 2.10. The van der Waals surface area contributed by atoms with E-state index in [1.54, 1.807) is 18.5 Å². The first kappa shape index (κ1) is 13.2. The van der Waals surface area contributed by atoms with Gasteiger partial charge in [-0.05, 0) is 31.2 Å². The van der Waals surface area contributed by atoms with Gasteiger partial charge in [0.05, 0.1) is 17.9 Å². The molecule has 3 heterocycles. The SMILES string of the molecule is Cc1cn2c(n1)CN=C(c1ncccn1)c1cc(Cl)ccc1-2. The molecule has 0 amide bonds. The number of halogens is 1. The van der Waals surface area contributed by atoms with Gasteiger partial charge in [0.1, 0.15) is 11.5 Å².